The van der Waals surface area contributed by atoms with Gasteiger partial charge in [-0.2, -0.15) is 0 Å². The molecule has 4 aromatic carbocycles. The molecule has 0 atom stereocenters. The van der Waals surface area contributed by atoms with E-state index in [4.69, 9.17) is 9.97 Å². The normalized spacial score (nSPS) is 11.8. The van der Waals surface area contributed by atoms with Crippen LogP contribution in [-0.2, 0) is 0 Å². The van der Waals surface area contributed by atoms with E-state index in [9.17, 15) is 0 Å². The molecule has 0 fully saturated rings. The second-order valence-corrected chi connectivity index (χ2v) is 7.83. The standard InChI is InChI=1S/C27H15N5/c1-3-9-20-18(7-1)19-8-2-4-10-21(19)26-25(20)30-27(32-31-26)22-14-13-17-12-11-16-6-5-15-28-23(16)24(17)29-22/h1-15H. The highest BCUT2D eigenvalue weighted by Gasteiger charge is 2.14. The summed E-state index contributed by atoms with van der Waals surface area (Å²) in [7, 11) is 0. The zero-order valence-electron chi connectivity index (χ0n) is 16.9. The van der Waals surface area contributed by atoms with Gasteiger partial charge in [0.05, 0.1) is 11.0 Å². The number of aromatic nitrogens is 5. The van der Waals surface area contributed by atoms with E-state index in [2.05, 4.69) is 57.6 Å². The second kappa shape index (κ2) is 6.49. The van der Waals surface area contributed by atoms with E-state index in [1.54, 1.807) is 6.20 Å². The fourth-order valence-corrected chi connectivity index (χ4v) is 4.50. The largest absolute Gasteiger partial charge is 0.254 e. The molecule has 0 aliphatic heterocycles. The minimum Gasteiger partial charge on any atom is -0.254 e. The van der Waals surface area contributed by atoms with Gasteiger partial charge < -0.3 is 0 Å². The Labute approximate surface area is 182 Å². The van der Waals surface area contributed by atoms with Crippen LogP contribution in [0.1, 0.15) is 0 Å². The summed E-state index contributed by atoms with van der Waals surface area (Å²) in [6, 6.07) is 28.7. The molecule has 7 aromatic rings. The van der Waals surface area contributed by atoms with Gasteiger partial charge in [-0.3, -0.25) is 4.98 Å². The van der Waals surface area contributed by atoms with Gasteiger partial charge in [-0.15, -0.1) is 10.2 Å². The van der Waals surface area contributed by atoms with Crippen molar-refractivity contribution in [2.45, 2.75) is 0 Å². The second-order valence-electron chi connectivity index (χ2n) is 7.83. The number of hydrogen-bond acceptors (Lipinski definition) is 5. The molecular weight excluding hydrogens is 394 g/mol. The Hall–Kier alpha value is -4.51. The molecular formula is C27H15N5. The van der Waals surface area contributed by atoms with E-state index < -0.39 is 0 Å². The Bertz CT molecular complexity index is 1810. The summed E-state index contributed by atoms with van der Waals surface area (Å²) in [5.74, 6) is 0.507. The minimum atomic E-state index is 0.507. The molecule has 0 aliphatic rings. The molecule has 3 heterocycles. The van der Waals surface area contributed by atoms with Crippen LogP contribution in [0, 0.1) is 0 Å². The third-order valence-electron chi connectivity index (χ3n) is 6.00. The van der Waals surface area contributed by atoms with Gasteiger partial charge in [-0.05, 0) is 22.9 Å². The third kappa shape index (κ3) is 2.42. The predicted molar refractivity (Wildman–Crippen MR) is 128 cm³/mol. The maximum atomic E-state index is 4.95. The van der Waals surface area contributed by atoms with Crippen molar-refractivity contribution in [3.63, 3.8) is 0 Å². The zero-order chi connectivity index (χ0) is 21.1. The van der Waals surface area contributed by atoms with Crippen molar-refractivity contribution in [3.8, 4) is 11.5 Å². The van der Waals surface area contributed by atoms with Crippen molar-refractivity contribution in [1.82, 2.24) is 25.1 Å². The highest BCUT2D eigenvalue weighted by molar-refractivity contribution is 6.23. The minimum absolute atomic E-state index is 0.507. The highest BCUT2D eigenvalue weighted by atomic mass is 15.2. The Morgan fingerprint density at radius 3 is 1.88 bits per heavy atom. The van der Waals surface area contributed by atoms with Gasteiger partial charge in [0.25, 0.3) is 0 Å². The molecule has 0 radical (unpaired) electrons. The molecule has 148 valence electrons. The van der Waals surface area contributed by atoms with Crippen molar-refractivity contribution < 1.29 is 0 Å². The van der Waals surface area contributed by atoms with Gasteiger partial charge in [0.2, 0.25) is 5.82 Å². The maximum Gasteiger partial charge on any atom is 0.201 e. The molecule has 5 heteroatoms. The first-order chi connectivity index (χ1) is 15.9. The van der Waals surface area contributed by atoms with Crippen LogP contribution in [0.2, 0.25) is 0 Å². The fourth-order valence-electron chi connectivity index (χ4n) is 4.50. The number of pyridine rings is 2. The smallest absolute Gasteiger partial charge is 0.201 e. The molecule has 32 heavy (non-hydrogen) atoms. The van der Waals surface area contributed by atoms with Crippen molar-refractivity contribution >= 4 is 54.4 Å². The lowest BCUT2D eigenvalue weighted by Gasteiger charge is -2.09. The quantitative estimate of drug-likeness (QED) is 0.307. The van der Waals surface area contributed by atoms with Crippen LogP contribution in [0.5, 0.6) is 0 Å². The van der Waals surface area contributed by atoms with Crippen molar-refractivity contribution in [3.05, 3.63) is 91.1 Å². The number of benzene rings is 4. The van der Waals surface area contributed by atoms with Gasteiger partial charge in [0.15, 0.2) is 0 Å². The number of nitrogens with zero attached hydrogens (tertiary/aromatic N) is 5. The Kier molecular flexibility index (Phi) is 3.49. The van der Waals surface area contributed by atoms with Crippen LogP contribution in [-0.4, -0.2) is 25.1 Å². The summed E-state index contributed by atoms with van der Waals surface area (Å²) in [6.45, 7) is 0. The SMILES string of the molecule is c1cnc2c(c1)ccc1ccc(-c3nnc4c5ccccc5c5ccccc5c4n3)nc12. The van der Waals surface area contributed by atoms with E-state index in [0.717, 1.165) is 54.4 Å². The van der Waals surface area contributed by atoms with Crippen LogP contribution in [0.3, 0.4) is 0 Å². The lowest BCUT2D eigenvalue weighted by Crippen LogP contribution is -1.98. The predicted octanol–water partition coefficient (Wildman–Crippen LogP) is 6.09. The average Bonchev–Trinajstić information content (AvgIpc) is 2.88. The van der Waals surface area contributed by atoms with Gasteiger partial charge in [-0.1, -0.05) is 72.8 Å². The summed E-state index contributed by atoms with van der Waals surface area (Å²) in [5.41, 5.74) is 4.03. The third-order valence-corrected chi connectivity index (χ3v) is 6.00. The molecule has 0 aliphatic carbocycles. The van der Waals surface area contributed by atoms with Crippen LogP contribution >= 0.6 is 0 Å². The first-order valence-electron chi connectivity index (χ1n) is 10.5. The molecule has 0 saturated carbocycles. The molecule has 0 amide bonds. The maximum absolute atomic E-state index is 4.95. The number of fused-ring (bicyclic) bond motifs is 9. The molecule has 0 bridgehead atoms. The summed E-state index contributed by atoms with van der Waals surface area (Å²) >= 11 is 0. The number of rotatable bonds is 1. The first kappa shape index (κ1) is 17.2. The molecule has 0 saturated heterocycles. The zero-order valence-corrected chi connectivity index (χ0v) is 16.9. The lowest BCUT2D eigenvalue weighted by molar-refractivity contribution is 1.03. The van der Waals surface area contributed by atoms with E-state index in [1.165, 1.54) is 0 Å². The summed E-state index contributed by atoms with van der Waals surface area (Å²) in [6.07, 6.45) is 1.79. The molecule has 0 unspecified atom stereocenters. The molecule has 5 nitrogen and oxygen atoms in total. The Morgan fingerprint density at radius 1 is 0.438 bits per heavy atom. The molecule has 7 rings (SSSR count). The van der Waals surface area contributed by atoms with Gasteiger partial charge in [0, 0.05) is 27.7 Å². The fraction of sp³-hybridized carbons (Fsp3) is 0. The van der Waals surface area contributed by atoms with Crippen LogP contribution < -0.4 is 0 Å². The summed E-state index contributed by atoms with van der Waals surface area (Å²) in [5, 5.41) is 15.6. The van der Waals surface area contributed by atoms with E-state index in [-0.39, 0.29) is 0 Å². The molecule has 0 N–H and O–H groups in total. The van der Waals surface area contributed by atoms with Gasteiger partial charge >= 0.3 is 0 Å². The number of hydrogen-bond donors (Lipinski definition) is 0. The summed E-state index contributed by atoms with van der Waals surface area (Å²) < 4.78 is 0. The van der Waals surface area contributed by atoms with Crippen molar-refractivity contribution in [2.24, 2.45) is 0 Å². The average molecular weight is 409 g/mol. The topological polar surface area (TPSA) is 64.5 Å². The lowest BCUT2D eigenvalue weighted by atomic mass is 10.00. The highest BCUT2D eigenvalue weighted by Crippen LogP contribution is 2.33. The Morgan fingerprint density at radius 2 is 1.09 bits per heavy atom. The summed E-state index contributed by atoms with van der Waals surface area (Å²) in [4.78, 5) is 14.4. The molecule has 3 aromatic heterocycles. The first-order valence-corrected chi connectivity index (χ1v) is 10.5. The van der Waals surface area contributed by atoms with Crippen molar-refractivity contribution in [2.75, 3.05) is 0 Å². The van der Waals surface area contributed by atoms with Gasteiger partial charge in [-0.25, -0.2) is 9.97 Å². The van der Waals surface area contributed by atoms with Crippen LogP contribution in [0.25, 0.3) is 65.9 Å². The van der Waals surface area contributed by atoms with Gasteiger partial charge in [0.1, 0.15) is 16.7 Å². The van der Waals surface area contributed by atoms with E-state index >= 15 is 0 Å². The van der Waals surface area contributed by atoms with E-state index in [1.807, 2.05) is 42.5 Å². The van der Waals surface area contributed by atoms with E-state index in [0.29, 0.717) is 11.5 Å². The monoisotopic (exact) mass is 409 g/mol. The van der Waals surface area contributed by atoms with Crippen molar-refractivity contribution in [1.29, 1.82) is 0 Å². The van der Waals surface area contributed by atoms with Crippen LogP contribution in [0.15, 0.2) is 91.1 Å². The molecule has 0 spiro atoms. The van der Waals surface area contributed by atoms with Crippen LogP contribution in [0.4, 0.5) is 0 Å². The Balaban J connectivity index is 1.54.